The van der Waals surface area contributed by atoms with Crippen LogP contribution in [0.4, 0.5) is 0 Å². The summed E-state index contributed by atoms with van der Waals surface area (Å²) in [4.78, 5) is 25.1. The lowest BCUT2D eigenvalue weighted by molar-refractivity contribution is -0.123. The van der Waals surface area contributed by atoms with E-state index in [9.17, 15) is 9.59 Å². The smallest absolute Gasteiger partial charge is 0.257 e. The second-order valence-corrected chi connectivity index (χ2v) is 9.24. The van der Waals surface area contributed by atoms with Gasteiger partial charge >= 0.3 is 0 Å². The molecule has 0 spiro atoms. The fourth-order valence-electron chi connectivity index (χ4n) is 2.87. The highest BCUT2D eigenvalue weighted by atomic mass is 35.5. The number of ether oxygens (including phenoxy) is 1. The highest BCUT2D eigenvalue weighted by Gasteiger charge is 2.13. The lowest BCUT2D eigenvalue weighted by atomic mass is 10.1. The number of halogens is 1. The SMILES string of the molecule is C[C@H](Sc1ccc(Cl)cc1)C(=O)N/N=C\c1ccc(OCC(=O)NCCc2ccccc2)cc1. The molecule has 3 rings (SSSR count). The minimum Gasteiger partial charge on any atom is -0.484 e. The molecule has 0 bridgehead atoms. The molecule has 176 valence electrons. The summed E-state index contributed by atoms with van der Waals surface area (Å²) in [5.41, 5.74) is 4.51. The van der Waals surface area contributed by atoms with Crippen molar-refractivity contribution in [2.75, 3.05) is 13.2 Å². The van der Waals surface area contributed by atoms with Gasteiger partial charge in [-0.1, -0.05) is 41.9 Å². The van der Waals surface area contributed by atoms with Crippen LogP contribution in [0.25, 0.3) is 0 Å². The van der Waals surface area contributed by atoms with E-state index in [1.54, 1.807) is 42.6 Å². The molecule has 34 heavy (non-hydrogen) atoms. The van der Waals surface area contributed by atoms with Crippen LogP contribution in [0.2, 0.25) is 5.02 Å². The molecular weight excluding hydrogens is 470 g/mol. The summed E-state index contributed by atoms with van der Waals surface area (Å²) in [6.45, 7) is 2.32. The van der Waals surface area contributed by atoms with E-state index in [0.29, 0.717) is 17.3 Å². The van der Waals surface area contributed by atoms with Gasteiger partial charge in [-0.15, -0.1) is 11.8 Å². The van der Waals surface area contributed by atoms with Crippen molar-refractivity contribution < 1.29 is 14.3 Å². The van der Waals surface area contributed by atoms with Crippen molar-refractivity contribution in [3.63, 3.8) is 0 Å². The van der Waals surface area contributed by atoms with Crippen molar-refractivity contribution in [2.24, 2.45) is 5.10 Å². The van der Waals surface area contributed by atoms with E-state index in [1.807, 2.05) is 49.4 Å². The first-order valence-electron chi connectivity index (χ1n) is 10.8. The number of nitrogens with zero attached hydrogens (tertiary/aromatic N) is 1. The molecule has 2 amide bonds. The Kier molecular flexibility index (Phi) is 10.0. The lowest BCUT2D eigenvalue weighted by Gasteiger charge is -2.09. The van der Waals surface area contributed by atoms with E-state index < -0.39 is 0 Å². The molecule has 3 aromatic rings. The topological polar surface area (TPSA) is 79.8 Å². The monoisotopic (exact) mass is 495 g/mol. The molecule has 0 aliphatic rings. The molecule has 6 nitrogen and oxygen atoms in total. The Hall–Kier alpha value is -3.29. The highest BCUT2D eigenvalue weighted by molar-refractivity contribution is 8.00. The maximum absolute atomic E-state index is 12.2. The van der Waals surface area contributed by atoms with E-state index in [4.69, 9.17) is 16.3 Å². The molecule has 0 saturated heterocycles. The molecule has 0 fully saturated rings. The van der Waals surface area contributed by atoms with Crippen LogP contribution in [-0.4, -0.2) is 36.4 Å². The minimum atomic E-state index is -0.312. The Balaban J connectivity index is 1.36. The number of thioether (sulfide) groups is 1. The Morgan fingerprint density at radius 2 is 1.74 bits per heavy atom. The quantitative estimate of drug-likeness (QED) is 0.229. The zero-order chi connectivity index (χ0) is 24.2. The second kappa shape index (κ2) is 13.4. The average Bonchev–Trinajstić information content (AvgIpc) is 2.85. The van der Waals surface area contributed by atoms with Gasteiger partial charge in [0.2, 0.25) is 0 Å². The summed E-state index contributed by atoms with van der Waals surface area (Å²) < 4.78 is 5.53. The molecule has 2 N–H and O–H groups in total. The lowest BCUT2D eigenvalue weighted by Crippen LogP contribution is -2.30. The van der Waals surface area contributed by atoms with Crippen molar-refractivity contribution in [1.29, 1.82) is 0 Å². The number of benzene rings is 3. The third-order valence-electron chi connectivity index (χ3n) is 4.71. The normalized spacial score (nSPS) is 11.7. The van der Waals surface area contributed by atoms with Gasteiger partial charge in [-0.3, -0.25) is 9.59 Å². The number of hydrazone groups is 1. The van der Waals surface area contributed by atoms with E-state index in [1.165, 1.54) is 17.3 Å². The van der Waals surface area contributed by atoms with Gasteiger partial charge in [0.25, 0.3) is 11.8 Å². The summed E-state index contributed by atoms with van der Waals surface area (Å²) in [5.74, 6) is 0.205. The zero-order valence-corrected chi connectivity index (χ0v) is 20.3. The average molecular weight is 496 g/mol. The fraction of sp³-hybridized carbons (Fsp3) is 0.192. The zero-order valence-electron chi connectivity index (χ0n) is 18.7. The van der Waals surface area contributed by atoms with Crippen LogP contribution in [0.1, 0.15) is 18.1 Å². The third-order valence-corrected chi connectivity index (χ3v) is 6.08. The van der Waals surface area contributed by atoms with Crippen LogP contribution in [-0.2, 0) is 16.0 Å². The number of amides is 2. The molecule has 3 aromatic carbocycles. The number of carbonyl (C=O) groups is 2. The van der Waals surface area contributed by atoms with E-state index in [-0.39, 0.29) is 23.7 Å². The molecule has 8 heteroatoms. The fourth-order valence-corrected chi connectivity index (χ4v) is 3.86. The van der Waals surface area contributed by atoms with Crippen molar-refractivity contribution in [1.82, 2.24) is 10.7 Å². The summed E-state index contributed by atoms with van der Waals surface area (Å²) in [5, 5.41) is 7.21. The summed E-state index contributed by atoms with van der Waals surface area (Å²) in [6.07, 6.45) is 2.33. The van der Waals surface area contributed by atoms with E-state index in [0.717, 1.165) is 16.9 Å². The molecule has 1 atom stereocenters. The van der Waals surface area contributed by atoms with Gasteiger partial charge < -0.3 is 10.1 Å². The number of carbonyl (C=O) groups excluding carboxylic acids is 2. The molecular formula is C26H26ClN3O3S. The molecule has 0 saturated carbocycles. The summed E-state index contributed by atoms with van der Waals surface area (Å²) in [6, 6.07) is 24.4. The largest absolute Gasteiger partial charge is 0.484 e. The second-order valence-electron chi connectivity index (χ2n) is 7.39. The first kappa shape index (κ1) is 25.3. The summed E-state index contributed by atoms with van der Waals surface area (Å²) >= 11 is 7.31. The molecule has 0 aliphatic heterocycles. The van der Waals surface area contributed by atoms with Gasteiger partial charge in [-0.2, -0.15) is 5.10 Å². The first-order chi connectivity index (χ1) is 16.5. The number of hydrogen-bond donors (Lipinski definition) is 2. The van der Waals surface area contributed by atoms with Crippen LogP contribution in [0.5, 0.6) is 5.75 Å². The van der Waals surface area contributed by atoms with Crippen molar-refractivity contribution in [3.05, 3.63) is 95.0 Å². The Labute approximate surface area is 208 Å². The molecule has 0 aromatic heterocycles. The minimum absolute atomic E-state index is 0.0541. The van der Waals surface area contributed by atoms with Gasteiger partial charge in [0.1, 0.15) is 5.75 Å². The Bertz CT molecular complexity index is 1090. The highest BCUT2D eigenvalue weighted by Crippen LogP contribution is 2.24. The molecule has 0 aliphatic carbocycles. The maximum atomic E-state index is 12.2. The summed E-state index contributed by atoms with van der Waals surface area (Å²) in [7, 11) is 0. The molecule has 0 heterocycles. The van der Waals surface area contributed by atoms with E-state index >= 15 is 0 Å². The van der Waals surface area contributed by atoms with Crippen molar-refractivity contribution in [3.8, 4) is 5.75 Å². The third kappa shape index (κ3) is 8.92. The Morgan fingerprint density at radius 3 is 2.44 bits per heavy atom. The van der Waals surface area contributed by atoms with Gasteiger partial charge in [0.15, 0.2) is 6.61 Å². The molecule has 0 radical (unpaired) electrons. The predicted octanol–water partition coefficient (Wildman–Crippen LogP) is 4.71. The van der Waals surface area contributed by atoms with Crippen LogP contribution in [0.15, 0.2) is 88.9 Å². The van der Waals surface area contributed by atoms with Crippen molar-refractivity contribution in [2.45, 2.75) is 23.5 Å². The van der Waals surface area contributed by atoms with Crippen LogP contribution >= 0.6 is 23.4 Å². The van der Waals surface area contributed by atoms with E-state index in [2.05, 4.69) is 15.8 Å². The number of nitrogens with one attached hydrogen (secondary N) is 2. The Morgan fingerprint density at radius 1 is 1.03 bits per heavy atom. The van der Waals surface area contributed by atoms with Gasteiger partial charge in [-0.25, -0.2) is 5.43 Å². The van der Waals surface area contributed by atoms with Crippen molar-refractivity contribution >= 4 is 41.4 Å². The van der Waals surface area contributed by atoms with Gasteiger partial charge in [-0.05, 0) is 73.0 Å². The number of hydrogen-bond acceptors (Lipinski definition) is 5. The standard InChI is InChI=1S/C26H26ClN3O3S/c1-19(34-24-13-9-22(27)10-14-24)26(32)30-29-17-21-7-11-23(12-8-21)33-18-25(31)28-16-15-20-5-3-2-4-6-20/h2-14,17,19H,15-16,18H2,1H3,(H,28,31)(H,30,32)/b29-17-/t19-/m0/s1. The number of rotatable bonds is 11. The van der Waals surface area contributed by atoms with Crippen LogP contribution in [0, 0.1) is 0 Å². The predicted molar refractivity (Wildman–Crippen MR) is 138 cm³/mol. The maximum Gasteiger partial charge on any atom is 0.257 e. The van der Waals surface area contributed by atoms with Crippen LogP contribution < -0.4 is 15.5 Å². The van der Waals surface area contributed by atoms with Crippen LogP contribution in [0.3, 0.4) is 0 Å². The van der Waals surface area contributed by atoms with Gasteiger partial charge in [0.05, 0.1) is 11.5 Å². The van der Waals surface area contributed by atoms with Gasteiger partial charge in [0, 0.05) is 16.5 Å². The molecule has 0 unspecified atom stereocenters. The first-order valence-corrected chi connectivity index (χ1v) is 12.0.